The lowest BCUT2D eigenvalue weighted by Crippen LogP contribution is -2.37. The predicted octanol–water partition coefficient (Wildman–Crippen LogP) is 3.36. The molecule has 2 aromatic carbocycles. The summed E-state index contributed by atoms with van der Waals surface area (Å²) in [5.41, 5.74) is 7.85. The summed E-state index contributed by atoms with van der Waals surface area (Å²) in [5, 5.41) is 2.51. The average Bonchev–Trinajstić information content (AvgIpc) is 2.96. The predicted molar refractivity (Wildman–Crippen MR) is 102 cm³/mol. The molecule has 3 N–H and O–H groups in total. The van der Waals surface area contributed by atoms with Gasteiger partial charge in [0.25, 0.3) is 10.1 Å². The number of para-hydroxylation sites is 1. The largest absolute Gasteiger partial charge is 0.457 e. The summed E-state index contributed by atoms with van der Waals surface area (Å²) in [6.07, 6.45) is 0.284. The van der Waals surface area contributed by atoms with Crippen LogP contribution in [0.3, 0.4) is 0 Å². The van der Waals surface area contributed by atoms with Crippen LogP contribution in [0.2, 0.25) is 0 Å². The SMILES string of the molecule is Nc1scc(-c2ccc(Oc3ccccc3)cc2)[n+]1CCCS(=O)(=O)O. The van der Waals surface area contributed by atoms with Crippen molar-refractivity contribution >= 4 is 26.6 Å². The molecule has 0 fully saturated rings. The Morgan fingerprint density at radius 3 is 2.35 bits per heavy atom. The van der Waals surface area contributed by atoms with Crippen molar-refractivity contribution in [2.24, 2.45) is 0 Å². The van der Waals surface area contributed by atoms with Gasteiger partial charge in [-0.25, -0.2) is 4.57 Å². The van der Waals surface area contributed by atoms with Crippen molar-refractivity contribution in [2.75, 3.05) is 11.5 Å². The summed E-state index contributed by atoms with van der Waals surface area (Å²) in [6.45, 7) is 0.409. The second-order valence-electron chi connectivity index (χ2n) is 5.69. The van der Waals surface area contributed by atoms with Crippen LogP contribution in [0.1, 0.15) is 6.42 Å². The van der Waals surface area contributed by atoms with Gasteiger partial charge in [-0.2, -0.15) is 8.42 Å². The van der Waals surface area contributed by atoms with Crippen molar-refractivity contribution in [2.45, 2.75) is 13.0 Å². The van der Waals surface area contributed by atoms with Crippen LogP contribution in [-0.4, -0.2) is 18.7 Å². The molecule has 0 aliphatic carbocycles. The summed E-state index contributed by atoms with van der Waals surface area (Å²) in [7, 11) is -3.97. The quantitative estimate of drug-likeness (QED) is 0.476. The Labute approximate surface area is 156 Å². The van der Waals surface area contributed by atoms with E-state index in [1.54, 1.807) is 0 Å². The Morgan fingerprint density at radius 2 is 1.69 bits per heavy atom. The number of anilines is 1. The molecule has 0 bridgehead atoms. The first-order valence-electron chi connectivity index (χ1n) is 7.98. The van der Waals surface area contributed by atoms with Gasteiger partial charge in [0.15, 0.2) is 0 Å². The fraction of sp³-hybridized carbons (Fsp3) is 0.167. The van der Waals surface area contributed by atoms with Gasteiger partial charge < -0.3 is 4.74 Å². The molecule has 3 rings (SSSR count). The highest BCUT2D eigenvalue weighted by Crippen LogP contribution is 2.26. The second kappa shape index (κ2) is 7.86. The van der Waals surface area contributed by atoms with Crippen LogP contribution in [0.25, 0.3) is 11.3 Å². The molecule has 0 radical (unpaired) electrons. The van der Waals surface area contributed by atoms with E-state index in [2.05, 4.69) is 0 Å². The first-order chi connectivity index (χ1) is 12.4. The average molecular weight is 391 g/mol. The maximum Gasteiger partial charge on any atom is 0.332 e. The molecule has 0 saturated carbocycles. The molecule has 136 valence electrons. The van der Waals surface area contributed by atoms with Gasteiger partial charge in [-0.1, -0.05) is 29.5 Å². The van der Waals surface area contributed by atoms with E-state index in [1.807, 2.05) is 64.5 Å². The van der Waals surface area contributed by atoms with Gasteiger partial charge in [0.2, 0.25) is 0 Å². The minimum absolute atomic E-state index is 0.284. The number of rotatable bonds is 7. The minimum Gasteiger partial charge on any atom is -0.457 e. The van der Waals surface area contributed by atoms with Gasteiger partial charge in [0.05, 0.1) is 12.3 Å². The zero-order valence-electron chi connectivity index (χ0n) is 13.9. The summed E-state index contributed by atoms with van der Waals surface area (Å²) in [6, 6.07) is 17.1. The van der Waals surface area contributed by atoms with E-state index in [-0.39, 0.29) is 12.2 Å². The van der Waals surface area contributed by atoms with Gasteiger partial charge in [-0.15, -0.1) is 0 Å². The van der Waals surface area contributed by atoms with Gasteiger partial charge in [-0.05, 0) is 36.4 Å². The van der Waals surface area contributed by atoms with Gasteiger partial charge in [0, 0.05) is 17.4 Å². The van der Waals surface area contributed by atoms with E-state index in [0.29, 0.717) is 11.7 Å². The second-order valence-corrected chi connectivity index (χ2v) is 8.15. The highest BCUT2D eigenvalue weighted by atomic mass is 32.2. The molecule has 0 saturated heterocycles. The van der Waals surface area contributed by atoms with Crippen molar-refractivity contribution in [1.29, 1.82) is 0 Å². The lowest BCUT2D eigenvalue weighted by atomic mass is 10.1. The van der Waals surface area contributed by atoms with Crippen LogP contribution in [0.4, 0.5) is 5.13 Å². The number of aromatic nitrogens is 1. The van der Waals surface area contributed by atoms with Crippen molar-refractivity contribution < 1.29 is 22.3 Å². The Bertz CT molecular complexity index is 968. The third kappa shape index (κ3) is 4.81. The lowest BCUT2D eigenvalue weighted by Gasteiger charge is -2.07. The molecule has 26 heavy (non-hydrogen) atoms. The Morgan fingerprint density at radius 1 is 1.04 bits per heavy atom. The number of nitrogens with two attached hydrogens (primary N) is 1. The number of ether oxygens (including phenoxy) is 1. The fourth-order valence-corrected chi connectivity index (χ4v) is 3.85. The monoisotopic (exact) mass is 391 g/mol. The summed E-state index contributed by atoms with van der Waals surface area (Å²) >= 11 is 1.39. The summed E-state index contributed by atoms with van der Waals surface area (Å²) in [5.74, 6) is 1.19. The van der Waals surface area contributed by atoms with E-state index in [4.69, 9.17) is 15.0 Å². The first-order valence-corrected chi connectivity index (χ1v) is 10.5. The molecule has 1 aromatic heterocycles. The first kappa shape index (κ1) is 18.4. The van der Waals surface area contributed by atoms with E-state index >= 15 is 0 Å². The normalized spacial score (nSPS) is 11.4. The number of benzene rings is 2. The van der Waals surface area contributed by atoms with Crippen LogP contribution < -0.4 is 15.0 Å². The third-order valence-corrected chi connectivity index (χ3v) is 5.37. The minimum atomic E-state index is -3.97. The van der Waals surface area contributed by atoms with Crippen LogP contribution >= 0.6 is 11.3 Å². The maximum absolute atomic E-state index is 10.9. The smallest absolute Gasteiger partial charge is 0.332 e. The molecule has 0 aliphatic rings. The highest BCUT2D eigenvalue weighted by Gasteiger charge is 2.17. The van der Waals surface area contributed by atoms with Crippen LogP contribution in [0.15, 0.2) is 60.0 Å². The summed E-state index contributed by atoms with van der Waals surface area (Å²) < 4.78 is 38.3. The Hall–Kier alpha value is -2.42. The molecule has 0 atom stereocenters. The number of hydrogen-bond acceptors (Lipinski definition) is 5. The molecule has 1 heterocycles. The number of hydrogen-bond donors (Lipinski definition) is 2. The highest BCUT2D eigenvalue weighted by molar-refractivity contribution is 7.85. The van der Waals surface area contributed by atoms with Gasteiger partial charge >= 0.3 is 5.13 Å². The molecule has 0 unspecified atom stereocenters. The molecule has 3 aromatic rings. The van der Waals surface area contributed by atoms with Crippen molar-refractivity contribution in [3.63, 3.8) is 0 Å². The van der Waals surface area contributed by atoms with Crippen molar-refractivity contribution in [1.82, 2.24) is 0 Å². The molecule has 0 aliphatic heterocycles. The van der Waals surface area contributed by atoms with Crippen LogP contribution in [0, 0.1) is 0 Å². The zero-order chi connectivity index (χ0) is 18.6. The Balaban J connectivity index is 1.75. The molecular weight excluding hydrogens is 372 g/mol. The number of nitrogen functional groups attached to an aromatic ring is 1. The van der Waals surface area contributed by atoms with Crippen molar-refractivity contribution in [3.8, 4) is 22.8 Å². The molecule has 8 heteroatoms. The fourth-order valence-electron chi connectivity index (χ4n) is 2.54. The lowest BCUT2D eigenvalue weighted by molar-refractivity contribution is -0.667. The van der Waals surface area contributed by atoms with Crippen LogP contribution in [0.5, 0.6) is 11.5 Å². The molecular formula is C18H19N2O4S2+. The van der Waals surface area contributed by atoms with E-state index in [9.17, 15) is 8.42 Å². The van der Waals surface area contributed by atoms with Crippen LogP contribution in [-0.2, 0) is 16.7 Å². The van der Waals surface area contributed by atoms with E-state index < -0.39 is 10.1 Å². The summed E-state index contributed by atoms with van der Waals surface area (Å²) in [4.78, 5) is 0. The number of thiazole rings is 1. The molecule has 0 amide bonds. The maximum atomic E-state index is 10.9. The standard InChI is InChI=1S/C18H18N2O4S2/c19-18-20(11-4-12-26(21,22)23)17(13-25-18)14-7-9-16(10-8-14)24-15-5-2-1-3-6-15/h1-3,5-10,13,19H,4,11-12H2,(H,21,22,23)/p+1. The van der Waals surface area contributed by atoms with E-state index in [1.165, 1.54) is 11.3 Å². The topological polar surface area (TPSA) is 93.5 Å². The van der Waals surface area contributed by atoms with Gasteiger partial charge in [0.1, 0.15) is 17.2 Å². The third-order valence-electron chi connectivity index (χ3n) is 3.76. The Kier molecular flexibility index (Phi) is 5.55. The number of nitrogens with zero attached hydrogens (tertiary/aromatic N) is 1. The van der Waals surface area contributed by atoms with Gasteiger partial charge in [-0.3, -0.25) is 10.3 Å². The van der Waals surface area contributed by atoms with E-state index in [0.717, 1.165) is 22.8 Å². The van der Waals surface area contributed by atoms with Crippen molar-refractivity contribution in [3.05, 3.63) is 60.0 Å². The zero-order valence-corrected chi connectivity index (χ0v) is 15.5. The molecule has 6 nitrogen and oxygen atoms in total. The molecule has 0 spiro atoms.